The van der Waals surface area contributed by atoms with Crippen molar-refractivity contribution in [2.24, 2.45) is 5.92 Å². The van der Waals surface area contributed by atoms with Crippen LogP contribution in [0.1, 0.15) is 36.3 Å². The molecule has 0 atom stereocenters. The molecular weight excluding hydrogens is 194 g/mol. The number of aromatic carboxylic acids is 1. The molecular formula is C11H15NO3. The Morgan fingerprint density at radius 2 is 2.20 bits per heavy atom. The second-order valence-corrected chi connectivity index (χ2v) is 3.94. The standard InChI is InChI=1S/C11H15NO3/c1-7(2)3-4-8-6-12-9(11(14)15)5-10(8)13/h5-7H,3-4H2,1-2H3,(H,12,13)(H,14,15). The van der Waals surface area contributed by atoms with E-state index >= 15 is 0 Å². The molecule has 82 valence electrons. The Morgan fingerprint density at radius 3 is 2.67 bits per heavy atom. The Morgan fingerprint density at radius 1 is 1.53 bits per heavy atom. The summed E-state index contributed by atoms with van der Waals surface area (Å²) in [6, 6.07) is 1.19. The summed E-state index contributed by atoms with van der Waals surface area (Å²) in [5.74, 6) is -0.563. The molecule has 1 aromatic heterocycles. The summed E-state index contributed by atoms with van der Waals surface area (Å²) in [5.41, 5.74) is 0.578. The number of carboxylic acids is 1. The minimum absolute atomic E-state index is 0.0167. The molecule has 15 heavy (non-hydrogen) atoms. The van der Waals surface area contributed by atoms with Gasteiger partial charge in [0.05, 0.1) is 0 Å². The van der Waals surface area contributed by atoms with Gasteiger partial charge in [-0.2, -0.15) is 0 Å². The minimum atomic E-state index is -1.12. The molecule has 1 rings (SSSR count). The SMILES string of the molecule is CC(C)CCc1cnc(C(=O)O)cc1O. The number of rotatable bonds is 4. The molecule has 0 aliphatic heterocycles. The van der Waals surface area contributed by atoms with Crippen molar-refractivity contribution in [2.45, 2.75) is 26.7 Å². The van der Waals surface area contributed by atoms with Gasteiger partial charge in [0.2, 0.25) is 0 Å². The van der Waals surface area contributed by atoms with Gasteiger partial charge in [-0.25, -0.2) is 9.78 Å². The van der Waals surface area contributed by atoms with Crippen molar-refractivity contribution in [3.63, 3.8) is 0 Å². The quantitative estimate of drug-likeness (QED) is 0.796. The van der Waals surface area contributed by atoms with Crippen molar-refractivity contribution < 1.29 is 15.0 Å². The number of hydrogen-bond donors (Lipinski definition) is 2. The van der Waals surface area contributed by atoms with Gasteiger partial charge in [-0.1, -0.05) is 13.8 Å². The maximum absolute atomic E-state index is 10.6. The molecule has 0 bridgehead atoms. The summed E-state index contributed by atoms with van der Waals surface area (Å²) < 4.78 is 0. The van der Waals surface area contributed by atoms with Crippen molar-refractivity contribution >= 4 is 5.97 Å². The average molecular weight is 209 g/mol. The number of carboxylic acid groups (broad SMARTS) is 1. The maximum Gasteiger partial charge on any atom is 0.354 e. The van der Waals surface area contributed by atoms with Crippen LogP contribution >= 0.6 is 0 Å². The Bertz CT molecular complexity index is 361. The number of aromatic hydroxyl groups is 1. The molecule has 0 saturated carbocycles. The third-order valence-electron chi connectivity index (χ3n) is 2.17. The third-order valence-corrected chi connectivity index (χ3v) is 2.17. The van der Waals surface area contributed by atoms with Crippen molar-refractivity contribution in [3.05, 3.63) is 23.5 Å². The van der Waals surface area contributed by atoms with Gasteiger partial charge in [0.15, 0.2) is 5.69 Å². The lowest BCUT2D eigenvalue weighted by Crippen LogP contribution is -2.01. The first-order valence-corrected chi connectivity index (χ1v) is 4.92. The second-order valence-electron chi connectivity index (χ2n) is 3.94. The summed E-state index contributed by atoms with van der Waals surface area (Å²) in [6.07, 6.45) is 3.10. The van der Waals surface area contributed by atoms with Crippen LogP contribution in [0.25, 0.3) is 0 Å². The molecule has 4 heteroatoms. The lowest BCUT2D eigenvalue weighted by Gasteiger charge is -2.06. The number of carbonyl (C=O) groups is 1. The molecule has 0 aliphatic carbocycles. The first-order valence-electron chi connectivity index (χ1n) is 4.92. The lowest BCUT2D eigenvalue weighted by molar-refractivity contribution is 0.0690. The fourth-order valence-electron chi connectivity index (χ4n) is 1.23. The highest BCUT2D eigenvalue weighted by atomic mass is 16.4. The third kappa shape index (κ3) is 3.23. The number of pyridine rings is 1. The maximum atomic E-state index is 10.6. The predicted octanol–water partition coefficient (Wildman–Crippen LogP) is 2.07. The van der Waals surface area contributed by atoms with E-state index in [1.165, 1.54) is 12.3 Å². The van der Waals surface area contributed by atoms with E-state index in [2.05, 4.69) is 18.8 Å². The highest BCUT2D eigenvalue weighted by molar-refractivity contribution is 5.85. The highest BCUT2D eigenvalue weighted by Gasteiger charge is 2.09. The summed E-state index contributed by atoms with van der Waals surface area (Å²) in [5, 5.41) is 18.2. The summed E-state index contributed by atoms with van der Waals surface area (Å²) in [4.78, 5) is 14.3. The molecule has 0 fully saturated rings. The van der Waals surface area contributed by atoms with Crippen molar-refractivity contribution in [1.82, 2.24) is 4.98 Å². The van der Waals surface area contributed by atoms with E-state index in [9.17, 15) is 9.90 Å². The molecule has 0 aromatic carbocycles. The van der Waals surface area contributed by atoms with E-state index in [4.69, 9.17) is 5.11 Å². The summed E-state index contributed by atoms with van der Waals surface area (Å²) in [7, 11) is 0. The first-order chi connectivity index (χ1) is 7.00. The van der Waals surface area contributed by atoms with Crippen LogP contribution in [0, 0.1) is 5.92 Å². The zero-order valence-electron chi connectivity index (χ0n) is 8.90. The van der Waals surface area contributed by atoms with E-state index in [1.54, 1.807) is 0 Å². The Balaban J connectivity index is 2.79. The van der Waals surface area contributed by atoms with Crippen molar-refractivity contribution in [2.75, 3.05) is 0 Å². The summed E-state index contributed by atoms with van der Waals surface area (Å²) in [6.45, 7) is 4.19. The van der Waals surface area contributed by atoms with Crippen molar-refractivity contribution in [1.29, 1.82) is 0 Å². The zero-order chi connectivity index (χ0) is 11.4. The highest BCUT2D eigenvalue weighted by Crippen LogP contribution is 2.19. The van der Waals surface area contributed by atoms with Crippen LogP contribution in [-0.2, 0) is 6.42 Å². The van der Waals surface area contributed by atoms with E-state index in [0.29, 0.717) is 11.5 Å². The van der Waals surface area contributed by atoms with E-state index in [0.717, 1.165) is 12.8 Å². The fraction of sp³-hybridized carbons (Fsp3) is 0.455. The van der Waals surface area contributed by atoms with Gasteiger partial charge in [0, 0.05) is 17.8 Å². The monoisotopic (exact) mass is 209 g/mol. The average Bonchev–Trinajstić information content (AvgIpc) is 2.15. The fourth-order valence-corrected chi connectivity index (χ4v) is 1.23. The molecule has 0 spiro atoms. The van der Waals surface area contributed by atoms with Gasteiger partial charge in [-0.3, -0.25) is 0 Å². The van der Waals surface area contributed by atoms with Crippen LogP contribution in [0.4, 0.5) is 0 Å². The first kappa shape index (κ1) is 11.5. The number of aryl methyl sites for hydroxylation is 1. The molecule has 2 N–H and O–H groups in total. The molecule has 0 unspecified atom stereocenters. The second kappa shape index (κ2) is 4.77. The smallest absolute Gasteiger partial charge is 0.354 e. The van der Waals surface area contributed by atoms with Crippen molar-refractivity contribution in [3.8, 4) is 5.75 Å². The molecule has 4 nitrogen and oxygen atoms in total. The Hall–Kier alpha value is -1.58. The predicted molar refractivity (Wildman–Crippen MR) is 56.0 cm³/mol. The van der Waals surface area contributed by atoms with Crippen LogP contribution in [-0.4, -0.2) is 21.2 Å². The lowest BCUT2D eigenvalue weighted by atomic mass is 10.0. The minimum Gasteiger partial charge on any atom is -0.508 e. The molecule has 0 saturated heterocycles. The molecule has 1 aromatic rings. The van der Waals surface area contributed by atoms with E-state index in [1.807, 2.05) is 0 Å². The van der Waals surface area contributed by atoms with Gasteiger partial charge >= 0.3 is 5.97 Å². The number of nitrogens with zero attached hydrogens (tertiary/aromatic N) is 1. The largest absolute Gasteiger partial charge is 0.508 e. The van der Waals surface area contributed by atoms with Gasteiger partial charge in [-0.15, -0.1) is 0 Å². The number of aromatic nitrogens is 1. The molecule has 1 heterocycles. The van der Waals surface area contributed by atoms with Crippen LogP contribution in [0.2, 0.25) is 0 Å². The molecule has 0 aliphatic rings. The molecule has 0 radical (unpaired) electrons. The number of hydrogen-bond acceptors (Lipinski definition) is 3. The van der Waals surface area contributed by atoms with Gasteiger partial charge in [0.25, 0.3) is 0 Å². The molecule has 0 amide bonds. The van der Waals surface area contributed by atoms with Crippen LogP contribution in [0.5, 0.6) is 5.75 Å². The van der Waals surface area contributed by atoms with Crippen LogP contribution in [0.15, 0.2) is 12.3 Å². The van der Waals surface area contributed by atoms with Crippen LogP contribution in [0.3, 0.4) is 0 Å². The van der Waals surface area contributed by atoms with Gasteiger partial charge < -0.3 is 10.2 Å². The van der Waals surface area contributed by atoms with Gasteiger partial charge in [0.1, 0.15) is 5.75 Å². The van der Waals surface area contributed by atoms with E-state index < -0.39 is 5.97 Å². The van der Waals surface area contributed by atoms with E-state index in [-0.39, 0.29) is 11.4 Å². The topological polar surface area (TPSA) is 70.4 Å². The van der Waals surface area contributed by atoms with Crippen LogP contribution < -0.4 is 0 Å². The summed E-state index contributed by atoms with van der Waals surface area (Å²) >= 11 is 0. The normalized spacial score (nSPS) is 10.6. The zero-order valence-corrected chi connectivity index (χ0v) is 8.90. The Kier molecular flexibility index (Phi) is 3.66. The Labute approximate surface area is 88.6 Å². The van der Waals surface area contributed by atoms with Gasteiger partial charge in [-0.05, 0) is 18.8 Å².